The number of rotatable bonds is 6. The van der Waals surface area contributed by atoms with E-state index in [-0.39, 0.29) is 17.0 Å². The number of hydrogen-bond donors (Lipinski definition) is 0. The summed E-state index contributed by atoms with van der Waals surface area (Å²) in [5, 5.41) is 0. The summed E-state index contributed by atoms with van der Waals surface area (Å²) < 4.78 is 78.1. The third-order valence-electron chi connectivity index (χ3n) is 4.80. The number of halogens is 6. The van der Waals surface area contributed by atoms with E-state index in [1.54, 1.807) is 6.92 Å². The minimum absolute atomic E-state index is 0.0987. The SMILES string of the molecule is CCCC(C)(CCC)C(C)c1cc(C(F)(F)F)cc(C(F)(F)F)c1. The third-order valence-corrected chi connectivity index (χ3v) is 4.80. The molecule has 1 unspecified atom stereocenters. The van der Waals surface area contributed by atoms with Crippen molar-refractivity contribution in [2.24, 2.45) is 5.41 Å². The minimum atomic E-state index is -4.80. The van der Waals surface area contributed by atoms with Gasteiger partial charge in [0.1, 0.15) is 0 Å². The van der Waals surface area contributed by atoms with Gasteiger partial charge in [0.25, 0.3) is 0 Å². The van der Waals surface area contributed by atoms with Gasteiger partial charge in [-0.2, -0.15) is 26.3 Å². The molecule has 24 heavy (non-hydrogen) atoms. The summed E-state index contributed by atoms with van der Waals surface area (Å²) in [6, 6.07) is 1.92. The molecule has 0 spiro atoms. The summed E-state index contributed by atoms with van der Waals surface area (Å²) in [6.07, 6.45) is -6.46. The molecule has 0 fully saturated rings. The Kier molecular flexibility index (Phi) is 6.39. The van der Waals surface area contributed by atoms with E-state index in [0.29, 0.717) is 0 Å². The smallest absolute Gasteiger partial charge is 0.166 e. The number of alkyl halides is 6. The van der Waals surface area contributed by atoms with Crippen LogP contribution in [0.5, 0.6) is 0 Å². The Bertz CT molecular complexity index is 503. The molecule has 1 atom stereocenters. The van der Waals surface area contributed by atoms with Gasteiger partial charge in [-0.1, -0.05) is 40.5 Å². The second kappa shape index (κ2) is 7.36. The largest absolute Gasteiger partial charge is 0.416 e. The molecule has 0 amide bonds. The van der Waals surface area contributed by atoms with Crippen molar-refractivity contribution < 1.29 is 26.3 Å². The fraction of sp³-hybridized carbons (Fsp3) is 0.667. The topological polar surface area (TPSA) is 0 Å². The standard InChI is InChI=1S/C18H24F6/c1-5-7-16(4,8-6-2)12(3)13-9-14(17(19,20)21)11-15(10-13)18(22,23)24/h9-12H,5-8H2,1-4H3. The Labute approximate surface area is 139 Å². The van der Waals surface area contributed by atoms with Gasteiger partial charge in [-0.3, -0.25) is 0 Å². The van der Waals surface area contributed by atoms with Crippen molar-refractivity contribution in [3.8, 4) is 0 Å². The third kappa shape index (κ3) is 4.90. The molecule has 0 aromatic heterocycles. The zero-order valence-corrected chi connectivity index (χ0v) is 14.4. The van der Waals surface area contributed by atoms with Gasteiger partial charge in [-0.25, -0.2) is 0 Å². The summed E-state index contributed by atoms with van der Waals surface area (Å²) in [7, 11) is 0. The molecular formula is C18H24F6. The van der Waals surface area contributed by atoms with Gasteiger partial charge < -0.3 is 0 Å². The van der Waals surface area contributed by atoms with Crippen LogP contribution < -0.4 is 0 Å². The molecular weight excluding hydrogens is 330 g/mol. The number of benzene rings is 1. The molecule has 6 heteroatoms. The summed E-state index contributed by atoms with van der Waals surface area (Å²) in [4.78, 5) is 0. The van der Waals surface area contributed by atoms with Gasteiger partial charge in [0, 0.05) is 0 Å². The molecule has 138 valence electrons. The van der Waals surface area contributed by atoms with Crippen molar-refractivity contribution in [3.05, 3.63) is 34.9 Å². The van der Waals surface area contributed by atoms with Crippen LogP contribution in [0.25, 0.3) is 0 Å². The monoisotopic (exact) mass is 354 g/mol. The van der Waals surface area contributed by atoms with E-state index < -0.39 is 29.4 Å². The fourth-order valence-corrected chi connectivity index (χ4v) is 3.33. The molecule has 0 aliphatic carbocycles. The van der Waals surface area contributed by atoms with Crippen LogP contribution in [0.4, 0.5) is 26.3 Å². The maximum absolute atomic E-state index is 13.0. The van der Waals surface area contributed by atoms with Crippen molar-refractivity contribution >= 4 is 0 Å². The van der Waals surface area contributed by atoms with Crippen LogP contribution in [-0.4, -0.2) is 0 Å². The van der Waals surface area contributed by atoms with Gasteiger partial charge in [-0.15, -0.1) is 0 Å². The minimum Gasteiger partial charge on any atom is -0.166 e. The van der Waals surface area contributed by atoms with Gasteiger partial charge in [0.2, 0.25) is 0 Å². The highest BCUT2D eigenvalue weighted by Gasteiger charge is 2.39. The molecule has 0 heterocycles. The Morgan fingerprint density at radius 3 is 1.46 bits per heavy atom. The highest BCUT2D eigenvalue weighted by atomic mass is 19.4. The molecule has 0 saturated heterocycles. The first-order valence-electron chi connectivity index (χ1n) is 8.14. The first kappa shape index (κ1) is 20.8. The predicted octanol–water partition coefficient (Wildman–Crippen LogP) is 7.43. The van der Waals surface area contributed by atoms with E-state index >= 15 is 0 Å². The Hall–Kier alpha value is -1.20. The fourth-order valence-electron chi connectivity index (χ4n) is 3.33. The van der Waals surface area contributed by atoms with Gasteiger partial charge >= 0.3 is 12.4 Å². The lowest BCUT2D eigenvalue weighted by molar-refractivity contribution is -0.143. The second-order valence-corrected chi connectivity index (χ2v) is 6.71. The van der Waals surface area contributed by atoms with Crippen LogP contribution in [0.3, 0.4) is 0 Å². The molecule has 1 aromatic carbocycles. The van der Waals surface area contributed by atoms with Crippen LogP contribution >= 0.6 is 0 Å². The van der Waals surface area contributed by atoms with Crippen molar-refractivity contribution in [1.29, 1.82) is 0 Å². The maximum Gasteiger partial charge on any atom is 0.416 e. The summed E-state index contributed by atoms with van der Waals surface area (Å²) in [5.41, 5.74) is -2.72. The van der Waals surface area contributed by atoms with Crippen LogP contribution in [0, 0.1) is 5.41 Å². The molecule has 0 nitrogen and oxygen atoms in total. The van der Waals surface area contributed by atoms with Gasteiger partial charge in [0.15, 0.2) is 0 Å². The molecule has 1 rings (SSSR count). The summed E-state index contributed by atoms with van der Waals surface area (Å²) in [6.45, 7) is 7.60. The zero-order chi connectivity index (χ0) is 18.8. The van der Waals surface area contributed by atoms with Crippen molar-refractivity contribution in [2.75, 3.05) is 0 Å². The van der Waals surface area contributed by atoms with E-state index in [4.69, 9.17) is 0 Å². The average Bonchev–Trinajstić information content (AvgIpc) is 2.44. The van der Waals surface area contributed by atoms with Crippen LogP contribution in [-0.2, 0) is 12.4 Å². The van der Waals surface area contributed by atoms with E-state index in [0.717, 1.165) is 37.8 Å². The normalized spacial score (nSPS) is 14.8. The van der Waals surface area contributed by atoms with E-state index in [9.17, 15) is 26.3 Å². The van der Waals surface area contributed by atoms with Gasteiger partial charge in [-0.05, 0) is 47.9 Å². The van der Waals surface area contributed by atoms with Crippen molar-refractivity contribution in [1.82, 2.24) is 0 Å². The first-order valence-corrected chi connectivity index (χ1v) is 8.14. The van der Waals surface area contributed by atoms with E-state index in [2.05, 4.69) is 0 Å². The van der Waals surface area contributed by atoms with Crippen molar-refractivity contribution in [3.63, 3.8) is 0 Å². The van der Waals surface area contributed by atoms with Crippen molar-refractivity contribution in [2.45, 2.75) is 71.6 Å². The molecule has 0 aliphatic rings. The van der Waals surface area contributed by atoms with E-state index in [1.165, 1.54) is 0 Å². The summed E-state index contributed by atoms with van der Waals surface area (Å²) >= 11 is 0. The zero-order valence-electron chi connectivity index (χ0n) is 14.4. The van der Waals surface area contributed by atoms with Crippen LogP contribution in [0.2, 0.25) is 0 Å². The first-order chi connectivity index (χ1) is 10.8. The van der Waals surface area contributed by atoms with Crippen LogP contribution in [0.15, 0.2) is 18.2 Å². The lowest BCUT2D eigenvalue weighted by atomic mass is 9.68. The molecule has 0 N–H and O–H groups in total. The highest BCUT2D eigenvalue weighted by Crippen LogP contribution is 2.46. The molecule has 0 aliphatic heterocycles. The Morgan fingerprint density at radius 1 is 0.792 bits per heavy atom. The summed E-state index contributed by atoms with van der Waals surface area (Å²) in [5.74, 6) is -0.402. The predicted molar refractivity (Wildman–Crippen MR) is 82.8 cm³/mol. The lowest BCUT2D eigenvalue weighted by Crippen LogP contribution is -2.24. The molecule has 0 saturated carbocycles. The Morgan fingerprint density at radius 2 is 1.17 bits per heavy atom. The quantitative estimate of drug-likeness (QED) is 0.466. The van der Waals surface area contributed by atoms with Gasteiger partial charge in [0.05, 0.1) is 11.1 Å². The van der Waals surface area contributed by atoms with E-state index in [1.807, 2.05) is 20.8 Å². The Balaban J connectivity index is 3.45. The molecule has 0 bridgehead atoms. The highest BCUT2D eigenvalue weighted by molar-refractivity contribution is 5.36. The molecule has 1 aromatic rings. The number of hydrogen-bond acceptors (Lipinski definition) is 0. The average molecular weight is 354 g/mol. The van der Waals surface area contributed by atoms with Crippen LogP contribution in [0.1, 0.15) is 76.0 Å². The lowest BCUT2D eigenvalue weighted by Gasteiger charge is -2.36. The second-order valence-electron chi connectivity index (χ2n) is 6.71. The molecule has 0 radical (unpaired) electrons. The maximum atomic E-state index is 13.0.